The van der Waals surface area contributed by atoms with Gasteiger partial charge in [0.25, 0.3) is 0 Å². The number of carbonyl (C=O) groups is 1. The molecule has 15 heavy (non-hydrogen) atoms. The minimum atomic E-state index is -4.32. The number of carbonyl (C=O) groups excluding carboxylic acids is 1. The molecule has 0 aromatic heterocycles. The van der Waals surface area contributed by atoms with Crippen LogP contribution in [-0.4, -0.2) is 12.1 Å². The van der Waals surface area contributed by atoms with E-state index in [0.717, 1.165) is 0 Å². The number of primary amides is 1. The Labute approximate surface area is 95.0 Å². The molecule has 0 saturated carbocycles. The minimum absolute atomic E-state index is 0.0409. The van der Waals surface area contributed by atoms with E-state index in [9.17, 15) is 18.0 Å². The number of nitrogens with two attached hydrogens (primary N) is 1. The molecule has 0 fully saturated rings. The molecule has 2 N–H and O–H groups in total. The first-order valence-electron chi connectivity index (χ1n) is 3.95. The number of halogens is 4. The number of alkyl halides is 3. The molecule has 0 aliphatic carbocycles. The fourth-order valence-corrected chi connectivity index (χ4v) is 2.51. The van der Waals surface area contributed by atoms with Gasteiger partial charge in [-0.3, -0.25) is 0 Å². The van der Waals surface area contributed by atoms with E-state index >= 15 is 0 Å². The molecule has 1 rings (SSSR count). The first-order chi connectivity index (χ1) is 6.90. The Morgan fingerprint density at radius 2 is 1.93 bits per heavy atom. The Morgan fingerprint density at radius 1 is 1.33 bits per heavy atom. The molecular formula is C9H8F3INO-. The third-order valence-electron chi connectivity index (χ3n) is 1.64. The zero-order valence-electron chi connectivity index (χ0n) is 7.51. The van der Waals surface area contributed by atoms with Gasteiger partial charge < -0.3 is 0 Å². The van der Waals surface area contributed by atoms with Crippen LogP contribution in [0.15, 0.2) is 31.5 Å². The molecule has 0 aromatic carbocycles. The van der Waals surface area contributed by atoms with Crippen molar-refractivity contribution in [3.63, 3.8) is 0 Å². The van der Waals surface area contributed by atoms with Crippen LogP contribution in [0.5, 0.6) is 0 Å². The van der Waals surface area contributed by atoms with E-state index in [4.69, 9.17) is 5.73 Å². The van der Waals surface area contributed by atoms with Crippen molar-refractivity contribution in [1.29, 1.82) is 0 Å². The number of allylic oxidation sites excluding steroid dienone is 2. The van der Waals surface area contributed by atoms with Crippen LogP contribution in [0.25, 0.3) is 0 Å². The van der Waals surface area contributed by atoms with Crippen molar-refractivity contribution in [2.24, 2.45) is 5.73 Å². The first-order valence-corrected chi connectivity index (χ1v) is 6.44. The predicted octanol–water partition coefficient (Wildman–Crippen LogP) is -1.15. The van der Waals surface area contributed by atoms with Crippen molar-refractivity contribution in [3.8, 4) is 0 Å². The standard InChI is InChI=1S/C9H8F3INO/c10-9(11,12)5-6-1-3-13-4-2-7(6)8(14)15/h1-4H,5H2,(H2,14,15)/q-1. The Bertz CT molecular complexity index is 355. The molecule has 0 aromatic rings. The second-order valence-corrected chi connectivity index (χ2v) is 4.96. The van der Waals surface area contributed by atoms with Gasteiger partial charge in [0.2, 0.25) is 0 Å². The van der Waals surface area contributed by atoms with Crippen molar-refractivity contribution in [2.75, 3.05) is 0 Å². The predicted molar refractivity (Wildman–Crippen MR) is 45.2 cm³/mol. The van der Waals surface area contributed by atoms with Gasteiger partial charge in [-0.25, -0.2) is 0 Å². The normalized spacial score (nSPS) is 17.3. The summed E-state index contributed by atoms with van der Waals surface area (Å²) in [6.07, 6.45) is -2.70. The van der Waals surface area contributed by atoms with E-state index in [1.807, 2.05) is 0 Å². The van der Waals surface area contributed by atoms with E-state index in [2.05, 4.69) is 0 Å². The third-order valence-corrected chi connectivity index (χ3v) is 3.19. The Balaban J connectivity index is 3.05. The van der Waals surface area contributed by atoms with Gasteiger partial charge in [0.15, 0.2) is 0 Å². The number of hydrogen-bond donors (Lipinski definition) is 1. The molecule has 2 nitrogen and oxygen atoms in total. The Morgan fingerprint density at radius 3 is 2.47 bits per heavy atom. The van der Waals surface area contributed by atoms with Crippen molar-refractivity contribution in [2.45, 2.75) is 12.6 Å². The topological polar surface area (TPSA) is 43.1 Å². The van der Waals surface area contributed by atoms with Crippen molar-refractivity contribution in [1.82, 2.24) is 0 Å². The van der Waals surface area contributed by atoms with Crippen LogP contribution in [0.4, 0.5) is 13.2 Å². The summed E-state index contributed by atoms with van der Waals surface area (Å²) >= 11 is -0.413. The molecule has 0 atom stereocenters. The summed E-state index contributed by atoms with van der Waals surface area (Å²) < 4.78 is 39.9. The van der Waals surface area contributed by atoms with E-state index in [1.165, 1.54) is 12.2 Å². The summed E-state index contributed by atoms with van der Waals surface area (Å²) in [6, 6.07) is 0. The summed E-state index contributed by atoms with van der Waals surface area (Å²) in [6.45, 7) is 0. The van der Waals surface area contributed by atoms with Gasteiger partial charge in [0.05, 0.1) is 0 Å². The second kappa shape index (κ2) is 4.82. The molecule has 0 bridgehead atoms. The summed E-state index contributed by atoms with van der Waals surface area (Å²) in [7, 11) is 0. The maximum absolute atomic E-state index is 12.2. The fraction of sp³-hybridized carbons (Fsp3) is 0.222. The molecule has 0 spiro atoms. The summed E-state index contributed by atoms with van der Waals surface area (Å²) in [4.78, 5) is 10.9. The summed E-state index contributed by atoms with van der Waals surface area (Å²) in [5.41, 5.74) is 4.92. The average Bonchev–Trinajstić information content (AvgIpc) is 2.26. The number of hydrogen-bond acceptors (Lipinski definition) is 1. The van der Waals surface area contributed by atoms with Gasteiger partial charge in [-0.1, -0.05) is 0 Å². The third kappa shape index (κ3) is 4.06. The van der Waals surface area contributed by atoms with Crippen LogP contribution < -0.4 is 26.9 Å². The van der Waals surface area contributed by atoms with Crippen LogP contribution in [0.1, 0.15) is 6.42 Å². The van der Waals surface area contributed by atoms with Crippen LogP contribution in [-0.2, 0) is 4.79 Å². The fourth-order valence-electron chi connectivity index (χ4n) is 1.06. The second-order valence-electron chi connectivity index (χ2n) is 2.81. The zero-order valence-corrected chi connectivity index (χ0v) is 9.67. The van der Waals surface area contributed by atoms with Gasteiger partial charge in [0, 0.05) is 0 Å². The van der Waals surface area contributed by atoms with Crippen LogP contribution in [0.2, 0.25) is 0 Å². The molecule has 1 aliphatic heterocycles. The molecule has 0 unspecified atom stereocenters. The Hall–Kier alpha value is -0.790. The first kappa shape index (κ1) is 12.3. The molecule has 1 amide bonds. The monoisotopic (exact) mass is 330 g/mol. The molecule has 1 heterocycles. The van der Waals surface area contributed by atoms with Gasteiger partial charge in [-0.2, -0.15) is 0 Å². The maximum atomic E-state index is 12.2. The van der Waals surface area contributed by atoms with Gasteiger partial charge in [0.1, 0.15) is 0 Å². The van der Waals surface area contributed by atoms with Gasteiger partial charge in [-0.05, 0) is 0 Å². The van der Waals surface area contributed by atoms with E-state index in [-0.39, 0.29) is 11.1 Å². The van der Waals surface area contributed by atoms with E-state index in [0.29, 0.717) is 0 Å². The van der Waals surface area contributed by atoms with Crippen molar-refractivity contribution >= 4 is 5.91 Å². The van der Waals surface area contributed by atoms with Gasteiger partial charge >= 0.3 is 94.9 Å². The molecular weight excluding hydrogens is 322 g/mol. The average molecular weight is 330 g/mol. The SMILES string of the molecule is NC(=O)C1=C(CC(F)(F)F)C=C[I-]C=C1. The van der Waals surface area contributed by atoms with Gasteiger partial charge in [-0.15, -0.1) is 0 Å². The van der Waals surface area contributed by atoms with E-state index in [1.54, 1.807) is 8.17 Å². The zero-order chi connectivity index (χ0) is 11.5. The van der Waals surface area contributed by atoms with Crippen molar-refractivity contribution < 1.29 is 39.2 Å². The number of amides is 1. The number of rotatable bonds is 2. The molecule has 6 heteroatoms. The summed E-state index contributed by atoms with van der Waals surface area (Å²) in [5, 5.41) is 0. The van der Waals surface area contributed by atoms with E-state index < -0.39 is 39.7 Å². The Kier molecular flexibility index (Phi) is 3.95. The van der Waals surface area contributed by atoms with Crippen molar-refractivity contribution in [3.05, 3.63) is 31.5 Å². The molecule has 1 aliphatic rings. The molecule has 84 valence electrons. The molecule has 0 saturated heterocycles. The van der Waals surface area contributed by atoms with Crippen LogP contribution >= 0.6 is 0 Å². The summed E-state index contributed by atoms with van der Waals surface area (Å²) in [5.74, 6) is -0.818. The quantitative estimate of drug-likeness (QED) is 0.639. The van der Waals surface area contributed by atoms with Crippen LogP contribution in [0, 0.1) is 0 Å². The van der Waals surface area contributed by atoms with Crippen LogP contribution in [0.3, 0.4) is 0 Å². The molecule has 0 radical (unpaired) electrons.